The molecule has 0 aromatic heterocycles. The average Bonchev–Trinajstić information content (AvgIpc) is 3.09. The van der Waals surface area contributed by atoms with Crippen LogP contribution in [0.25, 0.3) is 0 Å². The van der Waals surface area contributed by atoms with E-state index in [0.717, 1.165) is 77.0 Å². The summed E-state index contributed by atoms with van der Waals surface area (Å²) in [6.45, 7) is 8.38. The van der Waals surface area contributed by atoms with Gasteiger partial charge in [-0.2, -0.15) is 0 Å². The highest BCUT2D eigenvalue weighted by Gasteiger charge is 2.14. The molecule has 0 aliphatic carbocycles. The van der Waals surface area contributed by atoms with Crippen molar-refractivity contribution in [2.24, 2.45) is 5.92 Å². The number of carbonyl (C=O) groups excluding carboxylic acids is 2. The zero-order chi connectivity index (χ0) is 34.9. The van der Waals surface area contributed by atoms with E-state index in [1.807, 2.05) is 13.8 Å². The van der Waals surface area contributed by atoms with Crippen LogP contribution in [0.3, 0.4) is 0 Å². The lowest BCUT2D eigenvalue weighted by Gasteiger charge is -2.15. The van der Waals surface area contributed by atoms with Gasteiger partial charge in [0.15, 0.2) is 0 Å². The zero-order valence-corrected chi connectivity index (χ0v) is 31.1. The summed E-state index contributed by atoms with van der Waals surface area (Å²) < 4.78 is 10.6. The Morgan fingerprint density at radius 3 is 1.28 bits per heavy atom. The van der Waals surface area contributed by atoms with Gasteiger partial charge in [-0.05, 0) is 77.0 Å². The highest BCUT2D eigenvalue weighted by molar-refractivity contribution is 5.69. The van der Waals surface area contributed by atoms with E-state index in [0.29, 0.717) is 12.8 Å². The minimum Gasteiger partial charge on any atom is -0.465 e. The molecule has 0 aromatic carbocycles. The van der Waals surface area contributed by atoms with Crippen molar-refractivity contribution < 1.29 is 24.2 Å². The van der Waals surface area contributed by atoms with Crippen molar-refractivity contribution in [1.29, 1.82) is 0 Å². The monoisotopic (exact) mass is 659 g/mol. The maximum absolute atomic E-state index is 12.1. The molecule has 0 rings (SSSR count). The topological polar surface area (TPSA) is 72.8 Å². The van der Waals surface area contributed by atoms with Crippen molar-refractivity contribution in [3.63, 3.8) is 0 Å². The Balaban J connectivity index is 0. The maximum Gasteiger partial charge on any atom is 0.305 e. The molecule has 0 heterocycles. The number of hydrogen-bond donors (Lipinski definition) is 1. The molecule has 0 spiro atoms. The fraction of sp³-hybridized carbons (Fsp3) is 0.714. The second-order valence-corrected chi connectivity index (χ2v) is 12.0. The minimum absolute atomic E-state index is 0.0866. The number of aliphatic hydroxyl groups is 1. The molecule has 272 valence electrons. The summed E-state index contributed by atoms with van der Waals surface area (Å²) in [7, 11) is 0. The molecule has 0 aliphatic heterocycles. The van der Waals surface area contributed by atoms with Gasteiger partial charge in [-0.3, -0.25) is 9.59 Å². The first-order valence-corrected chi connectivity index (χ1v) is 19.3. The summed E-state index contributed by atoms with van der Waals surface area (Å²) in [5.74, 6) is -0.858. The van der Waals surface area contributed by atoms with Crippen molar-refractivity contribution >= 4 is 11.9 Å². The van der Waals surface area contributed by atoms with Crippen LogP contribution in [-0.4, -0.2) is 36.9 Å². The van der Waals surface area contributed by atoms with Crippen LogP contribution < -0.4 is 0 Å². The quantitative estimate of drug-likeness (QED) is 0.0442. The van der Waals surface area contributed by atoms with Gasteiger partial charge >= 0.3 is 11.9 Å². The molecule has 5 nitrogen and oxygen atoms in total. The number of hydrogen-bond acceptors (Lipinski definition) is 5. The summed E-state index contributed by atoms with van der Waals surface area (Å²) in [6, 6.07) is 0. The van der Waals surface area contributed by atoms with Crippen LogP contribution in [0.5, 0.6) is 0 Å². The predicted octanol–water partition coefficient (Wildman–Crippen LogP) is 12.1. The lowest BCUT2D eigenvalue weighted by molar-refractivity contribution is -0.149. The first-order valence-electron chi connectivity index (χ1n) is 19.3. The number of ether oxygens (including phenoxy) is 2. The third kappa shape index (κ3) is 39.7. The van der Waals surface area contributed by atoms with Crippen molar-refractivity contribution in [2.45, 2.75) is 169 Å². The SMILES string of the molecule is CC.CC/C=C\C/C=C\C/C=C\CCCCCCCC(=O)OCC(CO)COC(=O)CCCCCCC/C=C\C/C=C\CCCCC. The van der Waals surface area contributed by atoms with E-state index < -0.39 is 0 Å². The van der Waals surface area contributed by atoms with Crippen LogP contribution in [0.4, 0.5) is 0 Å². The summed E-state index contributed by atoms with van der Waals surface area (Å²) in [5.41, 5.74) is 0. The van der Waals surface area contributed by atoms with Gasteiger partial charge in [0.25, 0.3) is 0 Å². The van der Waals surface area contributed by atoms with Crippen LogP contribution in [0.2, 0.25) is 0 Å². The Labute approximate surface area is 291 Å². The third-order valence-corrected chi connectivity index (χ3v) is 7.58. The second kappa shape index (κ2) is 41.6. The molecule has 1 atom stereocenters. The zero-order valence-electron chi connectivity index (χ0n) is 31.1. The molecule has 0 bridgehead atoms. The Hall–Kier alpha value is -2.40. The lowest BCUT2D eigenvalue weighted by atomic mass is 10.1. The largest absolute Gasteiger partial charge is 0.465 e. The van der Waals surface area contributed by atoms with Gasteiger partial charge in [0, 0.05) is 12.8 Å². The van der Waals surface area contributed by atoms with E-state index in [4.69, 9.17) is 9.47 Å². The Bertz CT molecular complexity index is 808. The van der Waals surface area contributed by atoms with Crippen molar-refractivity contribution in [3.8, 4) is 0 Å². The molecule has 0 amide bonds. The van der Waals surface area contributed by atoms with E-state index in [2.05, 4.69) is 74.6 Å². The van der Waals surface area contributed by atoms with E-state index >= 15 is 0 Å². The molecular formula is C42H74O5. The molecule has 0 saturated heterocycles. The number of esters is 2. The third-order valence-electron chi connectivity index (χ3n) is 7.58. The second-order valence-electron chi connectivity index (χ2n) is 12.0. The highest BCUT2D eigenvalue weighted by atomic mass is 16.5. The van der Waals surface area contributed by atoms with E-state index in [1.165, 1.54) is 51.4 Å². The van der Waals surface area contributed by atoms with Crippen molar-refractivity contribution in [2.75, 3.05) is 19.8 Å². The van der Waals surface area contributed by atoms with Gasteiger partial charge in [-0.15, -0.1) is 0 Å². The van der Waals surface area contributed by atoms with Crippen LogP contribution in [0.15, 0.2) is 60.8 Å². The fourth-order valence-electron chi connectivity index (χ4n) is 4.69. The number of rotatable bonds is 32. The maximum atomic E-state index is 12.1. The van der Waals surface area contributed by atoms with Crippen LogP contribution in [0, 0.1) is 5.92 Å². The van der Waals surface area contributed by atoms with Crippen LogP contribution in [0.1, 0.15) is 169 Å². The minimum atomic E-state index is -0.371. The van der Waals surface area contributed by atoms with Gasteiger partial charge in [0.05, 0.1) is 25.7 Å². The standard InChI is InChI=1S/C40H68O5.C2H6/c1-3-5-7-9-11-13-15-17-19-21-23-25-27-29-31-33-39(42)44-36-38(35-41)37-45-40(43)34-32-30-28-26-24-22-20-18-16-14-12-10-8-6-4-2;1-2/h5,7,11-14,17-20,38,41H,3-4,6,8-10,15-16,21-37H2,1-2H3;1-2H3/b7-5-,13-11-,14-12-,19-17-,20-18-;. The van der Waals surface area contributed by atoms with Gasteiger partial charge in [-0.25, -0.2) is 0 Å². The normalized spacial score (nSPS) is 12.4. The molecule has 0 saturated carbocycles. The predicted molar refractivity (Wildman–Crippen MR) is 202 cm³/mol. The Kier molecular flexibility index (Phi) is 41.4. The van der Waals surface area contributed by atoms with Crippen molar-refractivity contribution in [3.05, 3.63) is 60.8 Å². The van der Waals surface area contributed by atoms with Gasteiger partial charge < -0.3 is 14.6 Å². The average molecular weight is 659 g/mol. The summed E-state index contributed by atoms with van der Waals surface area (Å²) in [4.78, 5) is 24.1. The van der Waals surface area contributed by atoms with E-state index in [1.54, 1.807) is 0 Å². The van der Waals surface area contributed by atoms with E-state index in [-0.39, 0.29) is 37.7 Å². The number of allylic oxidation sites excluding steroid dienone is 10. The molecule has 0 aliphatic rings. The molecule has 1 unspecified atom stereocenters. The fourth-order valence-corrected chi connectivity index (χ4v) is 4.69. The summed E-state index contributed by atoms with van der Waals surface area (Å²) in [6.07, 6.45) is 45.3. The van der Waals surface area contributed by atoms with Crippen molar-refractivity contribution in [1.82, 2.24) is 0 Å². The first-order chi connectivity index (χ1) is 23.1. The summed E-state index contributed by atoms with van der Waals surface area (Å²) in [5, 5.41) is 9.58. The Morgan fingerprint density at radius 1 is 0.511 bits per heavy atom. The Morgan fingerprint density at radius 2 is 0.872 bits per heavy atom. The number of unbranched alkanes of at least 4 members (excludes halogenated alkanes) is 13. The highest BCUT2D eigenvalue weighted by Crippen LogP contribution is 2.11. The number of carbonyl (C=O) groups is 2. The smallest absolute Gasteiger partial charge is 0.305 e. The first kappa shape index (κ1) is 46.7. The molecule has 47 heavy (non-hydrogen) atoms. The summed E-state index contributed by atoms with van der Waals surface area (Å²) >= 11 is 0. The molecule has 0 radical (unpaired) electrons. The molecular weight excluding hydrogens is 584 g/mol. The molecule has 0 fully saturated rings. The van der Waals surface area contributed by atoms with Gasteiger partial charge in [0.2, 0.25) is 0 Å². The molecule has 1 N–H and O–H groups in total. The molecule has 0 aromatic rings. The lowest BCUT2D eigenvalue weighted by Crippen LogP contribution is -2.23. The van der Waals surface area contributed by atoms with Crippen LogP contribution in [-0.2, 0) is 19.1 Å². The number of aliphatic hydroxyl groups excluding tert-OH is 1. The van der Waals surface area contributed by atoms with Gasteiger partial charge in [0.1, 0.15) is 0 Å². The van der Waals surface area contributed by atoms with Crippen LogP contribution >= 0.6 is 0 Å². The van der Waals surface area contributed by atoms with E-state index in [9.17, 15) is 14.7 Å². The molecule has 5 heteroatoms. The van der Waals surface area contributed by atoms with Gasteiger partial charge in [-0.1, -0.05) is 140 Å².